The van der Waals surface area contributed by atoms with Gasteiger partial charge in [-0.1, -0.05) is 23.2 Å². The average molecular weight is 275 g/mol. The number of pyridine rings is 1. The fourth-order valence-corrected chi connectivity index (χ4v) is 2.80. The number of ether oxygens (including phenoxy) is 1. The van der Waals surface area contributed by atoms with Crippen molar-refractivity contribution in [2.24, 2.45) is 5.92 Å². The summed E-state index contributed by atoms with van der Waals surface area (Å²) in [6.45, 7) is 1.63. The van der Waals surface area contributed by atoms with Gasteiger partial charge in [-0.3, -0.25) is 4.98 Å². The molecule has 1 aromatic heterocycles. The first kappa shape index (κ1) is 13.1. The fraction of sp³-hybridized carbons (Fsp3) is 0.583. The number of nitrogens with one attached hydrogen (secondary N) is 1. The van der Waals surface area contributed by atoms with E-state index in [9.17, 15) is 0 Å². The Kier molecular flexibility index (Phi) is 4.62. The molecule has 94 valence electrons. The molecule has 0 spiro atoms. The molecule has 0 bridgehead atoms. The van der Waals surface area contributed by atoms with E-state index in [-0.39, 0.29) is 6.04 Å². The minimum absolute atomic E-state index is 0.170. The van der Waals surface area contributed by atoms with Gasteiger partial charge in [-0.25, -0.2) is 0 Å². The van der Waals surface area contributed by atoms with Crippen molar-refractivity contribution >= 4 is 23.2 Å². The molecule has 1 N–H and O–H groups in total. The second-order valence-corrected chi connectivity index (χ2v) is 5.08. The van der Waals surface area contributed by atoms with Gasteiger partial charge in [-0.05, 0) is 31.9 Å². The molecule has 5 heteroatoms. The Labute approximate surface area is 111 Å². The van der Waals surface area contributed by atoms with Gasteiger partial charge < -0.3 is 10.1 Å². The lowest BCUT2D eigenvalue weighted by Crippen LogP contribution is -2.30. The normalized spacial score (nSPS) is 19.2. The van der Waals surface area contributed by atoms with E-state index in [1.54, 1.807) is 12.3 Å². The van der Waals surface area contributed by atoms with Gasteiger partial charge in [0.15, 0.2) is 0 Å². The Morgan fingerprint density at radius 1 is 1.41 bits per heavy atom. The molecule has 17 heavy (non-hydrogen) atoms. The van der Waals surface area contributed by atoms with Crippen LogP contribution in [0.5, 0.6) is 0 Å². The van der Waals surface area contributed by atoms with Crippen molar-refractivity contribution in [2.75, 3.05) is 20.3 Å². The predicted octanol–water partition coefficient (Wildman–Crippen LogP) is 3.08. The van der Waals surface area contributed by atoms with Gasteiger partial charge in [0.1, 0.15) is 0 Å². The van der Waals surface area contributed by atoms with E-state index in [0.29, 0.717) is 16.0 Å². The maximum atomic E-state index is 6.20. The van der Waals surface area contributed by atoms with Crippen molar-refractivity contribution in [1.82, 2.24) is 10.3 Å². The fourth-order valence-electron chi connectivity index (χ4n) is 2.30. The zero-order valence-corrected chi connectivity index (χ0v) is 11.3. The maximum Gasteiger partial charge on any atom is 0.0762 e. The molecule has 2 heterocycles. The Hall–Kier alpha value is -0.350. The highest BCUT2D eigenvalue weighted by Gasteiger charge is 2.26. The lowest BCUT2D eigenvalue weighted by atomic mass is 9.89. The Balaban J connectivity index is 2.21. The van der Waals surface area contributed by atoms with E-state index in [0.717, 1.165) is 31.7 Å². The number of aromatic nitrogens is 1. The van der Waals surface area contributed by atoms with Crippen molar-refractivity contribution in [2.45, 2.75) is 18.9 Å². The van der Waals surface area contributed by atoms with Crippen LogP contribution in [0, 0.1) is 5.92 Å². The highest BCUT2D eigenvalue weighted by molar-refractivity contribution is 6.34. The molecular weight excluding hydrogens is 259 g/mol. The van der Waals surface area contributed by atoms with Crippen molar-refractivity contribution in [1.29, 1.82) is 0 Å². The van der Waals surface area contributed by atoms with Gasteiger partial charge in [-0.15, -0.1) is 0 Å². The summed E-state index contributed by atoms with van der Waals surface area (Å²) in [4.78, 5) is 4.36. The van der Waals surface area contributed by atoms with E-state index >= 15 is 0 Å². The quantitative estimate of drug-likeness (QED) is 0.920. The molecule has 1 saturated heterocycles. The number of rotatable bonds is 3. The van der Waals surface area contributed by atoms with Crippen molar-refractivity contribution < 1.29 is 4.74 Å². The van der Waals surface area contributed by atoms with Crippen LogP contribution in [0.25, 0.3) is 0 Å². The first-order valence-corrected chi connectivity index (χ1v) is 6.54. The molecule has 2 rings (SSSR count). The summed E-state index contributed by atoms with van der Waals surface area (Å²) in [7, 11) is 1.94. The number of hydrogen-bond acceptors (Lipinski definition) is 3. The van der Waals surface area contributed by atoms with Crippen LogP contribution >= 0.6 is 23.2 Å². The van der Waals surface area contributed by atoms with E-state index in [2.05, 4.69) is 10.3 Å². The van der Waals surface area contributed by atoms with Gasteiger partial charge in [0, 0.05) is 19.4 Å². The highest BCUT2D eigenvalue weighted by atomic mass is 35.5. The molecule has 0 aliphatic carbocycles. The minimum atomic E-state index is 0.170. The van der Waals surface area contributed by atoms with Crippen LogP contribution in [0.4, 0.5) is 0 Å². The van der Waals surface area contributed by atoms with Crippen LogP contribution in [0.15, 0.2) is 12.3 Å². The summed E-state index contributed by atoms with van der Waals surface area (Å²) >= 11 is 12.1. The Bertz CT molecular complexity index is 381. The predicted molar refractivity (Wildman–Crippen MR) is 69.6 cm³/mol. The topological polar surface area (TPSA) is 34.2 Å². The third-order valence-corrected chi connectivity index (χ3v) is 3.69. The summed E-state index contributed by atoms with van der Waals surface area (Å²) < 4.78 is 5.38. The SMILES string of the molecule is CNC(c1ncc(Cl)cc1Cl)C1CCOCC1. The largest absolute Gasteiger partial charge is 0.381 e. The summed E-state index contributed by atoms with van der Waals surface area (Å²) in [5.41, 5.74) is 0.880. The molecule has 0 amide bonds. The summed E-state index contributed by atoms with van der Waals surface area (Å²) in [5.74, 6) is 0.514. The molecule has 1 aliphatic rings. The number of hydrogen-bond donors (Lipinski definition) is 1. The van der Waals surface area contributed by atoms with E-state index < -0.39 is 0 Å². The van der Waals surface area contributed by atoms with Gasteiger partial charge >= 0.3 is 0 Å². The smallest absolute Gasteiger partial charge is 0.0762 e. The summed E-state index contributed by atoms with van der Waals surface area (Å²) in [6.07, 6.45) is 3.71. The molecule has 0 aromatic carbocycles. The summed E-state index contributed by atoms with van der Waals surface area (Å²) in [6, 6.07) is 1.92. The molecule has 3 nitrogen and oxygen atoms in total. The zero-order chi connectivity index (χ0) is 12.3. The molecule has 1 unspecified atom stereocenters. The van der Waals surface area contributed by atoms with Gasteiger partial charge in [0.2, 0.25) is 0 Å². The summed E-state index contributed by atoms with van der Waals surface area (Å²) in [5, 5.41) is 4.50. The van der Waals surface area contributed by atoms with E-state index in [1.807, 2.05) is 7.05 Å². The van der Waals surface area contributed by atoms with Crippen LogP contribution in [-0.4, -0.2) is 25.2 Å². The molecule has 1 atom stereocenters. The standard InChI is InChI=1S/C12H16Cl2N2O/c1-15-11(8-2-4-17-5-3-8)12-10(14)6-9(13)7-16-12/h6-8,11,15H,2-5H2,1H3. The monoisotopic (exact) mass is 274 g/mol. The maximum absolute atomic E-state index is 6.20. The van der Waals surface area contributed by atoms with Gasteiger partial charge in [-0.2, -0.15) is 0 Å². The molecule has 1 aliphatic heterocycles. The van der Waals surface area contributed by atoms with Gasteiger partial charge in [0.05, 0.1) is 21.8 Å². The first-order valence-electron chi connectivity index (χ1n) is 5.78. The van der Waals surface area contributed by atoms with Crippen LogP contribution < -0.4 is 5.32 Å². The zero-order valence-electron chi connectivity index (χ0n) is 9.75. The van der Waals surface area contributed by atoms with Crippen molar-refractivity contribution in [3.63, 3.8) is 0 Å². The van der Waals surface area contributed by atoms with Crippen molar-refractivity contribution in [3.8, 4) is 0 Å². The van der Waals surface area contributed by atoms with Crippen LogP contribution in [0.1, 0.15) is 24.6 Å². The second kappa shape index (κ2) is 6.01. The Morgan fingerprint density at radius 3 is 2.71 bits per heavy atom. The lowest BCUT2D eigenvalue weighted by molar-refractivity contribution is 0.0541. The van der Waals surface area contributed by atoms with Crippen LogP contribution in [0.3, 0.4) is 0 Å². The Morgan fingerprint density at radius 2 is 2.12 bits per heavy atom. The van der Waals surface area contributed by atoms with E-state index in [1.165, 1.54) is 0 Å². The molecule has 1 aromatic rings. The van der Waals surface area contributed by atoms with Crippen LogP contribution in [0.2, 0.25) is 10.0 Å². The first-order chi connectivity index (χ1) is 8.22. The highest BCUT2D eigenvalue weighted by Crippen LogP contribution is 2.33. The molecular formula is C12H16Cl2N2O. The van der Waals surface area contributed by atoms with Crippen LogP contribution in [-0.2, 0) is 4.74 Å². The third-order valence-electron chi connectivity index (χ3n) is 3.18. The van der Waals surface area contributed by atoms with E-state index in [4.69, 9.17) is 27.9 Å². The number of halogens is 2. The average Bonchev–Trinajstić information content (AvgIpc) is 2.34. The molecule has 0 radical (unpaired) electrons. The lowest BCUT2D eigenvalue weighted by Gasteiger charge is -2.30. The minimum Gasteiger partial charge on any atom is -0.381 e. The number of nitrogens with zero attached hydrogens (tertiary/aromatic N) is 1. The second-order valence-electron chi connectivity index (χ2n) is 4.24. The molecule has 1 fully saturated rings. The van der Waals surface area contributed by atoms with Gasteiger partial charge in [0.25, 0.3) is 0 Å². The third kappa shape index (κ3) is 3.10. The molecule has 0 saturated carbocycles. The van der Waals surface area contributed by atoms with Crippen molar-refractivity contribution in [3.05, 3.63) is 28.0 Å².